The molecule has 1 aliphatic rings. The van der Waals surface area contributed by atoms with Crippen LogP contribution in [0.2, 0.25) is 0 Å². The lowest BCUT2D eigenvalue weighted by atomic mass is 10.1. The average molecular weight is 455 g/mol. The predicted molar refractivity (Wildman–Crippen MR) is 133 cm³/mol. The van der Waals surface area contributed by atoms with Crippen LogP contribution < -0.4 is 5.32 Å². The van der Waals surface area contributed by atoms with Crippen molar-refractivity contribution in [2.24, 2.45) is 0 Å². The molecule has 174 valence electrons. The molecule has 7 heteroatoms. The first-order valence-electron chi connectivity index (χ1n) is 11.9. The third kappa shape index (κ3) is 4.25. The first kappa shape index (κ1) is 22.1. The summed E-state index contributed by atoms with van der Waals surface area (Å²) in [6.07, 6.45) is 4.76. The molecule has 2 aromatic carbocycles. The summed E-state index contributed by atoms with van der Waals surface area (Å²) in [5.41, 5.74) is 6.60. The largest absolute Gasteiger partial charge is 0.326 e. The van der Waals surface area contributed by atoms with Gasteiger partial charge >= 0.3 is 0 Å². The van der Waals surface area contributed by atoms with Crippen molar-refractivity contribution in [1.82, 2.24) is 24.5 Å². The van der Waals surface area contributed by atoms with Crippen molar-refractivity contribution < 1.29 is 4.79 Å². The van der Waals surface area contributed by atoms with Crippen LogP contribution >= 0.6 is 0 Å². The lowest BCUT2D eigenvalue weighted by Crippen LogP contribution is -2.16. The molecule has 0 unspecified atom stereocenters. The van der Waals surface area contributed by atoms with Crippen LogP contribution in [0.4, 0.5) is 5.69 Å². The van der Waals surface area contributed by atoms with Crippen molar-refractivity contribution in [2.75, 3.05) is 5.32 Å². The smallest absolute Gasteiger partial charge is 0.228 e. The number of nitrogens with one attached hydrogen (secondary N) is 1. The summed E-state index contributed by atoms with van der Waals surface area (Å²) in [5.74, 6) is 1.88. The van der Waals surface area contributed by atoms with Gasteiger partial charge < -0.3 is 9.88 Å². The summed E-state index contributed by atoms with van der Waals surface area (Å²) in [7, 11) is 0. The number of aromatic nitrogens is 5. The number of hydrogen-bond acceptors (Lipinski definition) is 4. The van der Waals surface area contributed by atoms with Gasteiger partial charge in [0.05, 0.1) is 17.8 Å². The molecule has 4 aromatic rings. The Morgan fingerprint density at radius 2 is 1.82 bits per heavy atom. The van der Waals surface area contributed by atoms with Gasteiger partial charge in [-0.25, -0.2) is 4.68 Å². The molecule has 1 aliphatic heterocycles. The van der Waals surface area contributed by atoms with E-state index in [2.05, 4.69) is 31.2 Å². The predicted octanol–water partition coefficient (Wildman–Crippen LogP) is 4.96. The number of rotatable bonds is 5. The molecular formula is C27H30N6O. The highest BCUT2D eigenvalue weighted by Crippen LogP contribution is 2.27. The van der Waals surface area contributed by atoms with E-state index in [9.17, 15) is 4.79 Å². The van der Waals surface area contributed by atoms with Crippen LogP contribution in [0.3, 0.4) is 0 Å². The average Bonchev–Trinajstić information content (AvgIpc) is 3.26. The second-order valence-electron chi connectivity index (χ2n) is 9.05. The van der Waals surface area contributed by atoms with Crippen molar-refractivity contribution in [1.29, 1.82) is 0 Å². The quantitative estimate of drug-likeness (QED) is 0.462. The van der Waals surface area contributed by atoms with Gasteiger partial charge in [-0.1, -0.05) is 36.8 Å². The number of benzene rings is 2. The zero-order chi connectivity index (χ0) is 23.7. The fraction of sp³-hybridized carbons (Fsp3) is 0.333. The molecule has 7 nitrogen and oxygen atoms in total. The topological polar surface area (TPSA) is 77.6 Å². The highest BCUT2D eigenvalue weighted by atomic mass is 16.1. The number of amides is 1. The molecule has 0 spiro atoms. The van der Waals surface area contributed by atoms with Gasteiger partial charge in [0.15, 0.2) is 5.82 Å². The normalized spacial score (nSPS) is 13.4. The van der Waals surface area contributed by atoms with E-state index in [0.717, 1.165) is 76.9 Å². The van der Waals surface area contributed by atoms with E-state index in [1.807, 2.05) is 67.9 Å². The summed E-state index contributed by atoms with van der Waals surface area (Å²) >= 11 is 0. The van der Waals surface area contributed by atoms with E-state index in [-0.39, 0.29) is 12.3 Å². The number of fused-ring (bicyclic) bond motifs is 1. The molecular weight excluding hydrogens is 424 g/mol. The minimum absolute atomic E-state index is 0.0564. The summed E-state index contributed by atoms with van der Waals surface area (Å²) in [5, 5.41) is 16.7. The van der Waals surface area contributed by atoms with Gasteiger partial charge in [-0.3, -0.25) is 4.79 Å². The number of carbonyl (C=O) groups is 1. The third-order valence-electron chi connectivity index (χ3n) is 6.66. The molecule has 0 saturated carbocycles. The van der Waals surface area contributed by atoms with Gasteiger partial charge in [0.1, 0.15) is 5.82 Å². The summed E-state index contributed by atoms with van der Waals surface area (Å²) in [6, 6.07) is 16.1. The SMILES string of the molecule is Cc1ccc(-c2nnc3n2CCCCC3)cc1NC(=O)Cc1c(C)nn(-c2ccccc2)c1C. The summed E-state index contributed by atoms with van der Waals surface area (Å²) < 4.78 is 4.13. The fourth-order valence-electron chi connectivity index (χ4n) is 4.70. The second kappa shape index (κ2) is 9.25. The number of para-hydroxylation sites is 1. The van der Waals surface area contributed by atoms with E-state index >= 15 is 0 Å². The Kier molecular flexibility index (Phi) is 6.01. The molecule has 1 N–H and O–H groups in total. The first-order chi connectivity index (χ1) is 16.5. The summed E-state index contributed by atoms with van der Waals surface area (Å²) in [4.78, 5) is 13.1. The maximum absolute atomic E-state index is 13.1. The van der Waals surface area contributed by atoms with E-state index < -0.39 is 0 Å². The Hall–Kier alpha value is -3.74. The van der Waals surface area contributed by atoms with Crippen LogP contribution in [-0.4, -0.2) is 30.5 Å². The maximum Gasteiger partial charge on any atom is 0.228 e. The van der Waals surface area contributed by atoms with Gasteiger partial charge in [-0.2, -0.15) is 5.10 Å². The monoisotopic (exact) mass is 454 g/mol. The molecule has 1 amide bonds. The van der Waals surface area contributed by atoms with Crippen molar-refractivity contribution in [2.45, 2.75) is 59.4 Å². The molecule has 5 rings (SSSR count). The van der Waals surface area contributed by atoms with Crippen molar-refractivity contribution >= 4 is 11.6 Å². The van der Waals surface area contributed by atoms with Gasteiger partial charge in [0, 0.05) is 35.5 Å². The molecule has 34 heavy (non-hydrogen) atoms. The number of nitrogens with zero attached hydrogens (tertiary/aromatic N) is 5. The highest BCUT2D eigenvalue weighted by molar-refractivity contribution is 5.94. The molecule has 2 aromatic heterocycles. The van der Waals surface area contributed by atoms with Crippen LogP contribution in [0.1, 0.15) is 47.6 Å². The molecule has 0 bridgehead atoms. The Bertz CT molecular complexity index is 1330. The molecule has 0 radical (unpaired) electrons. The van der Waals surface area contributed by atoms with Crippen LogP contribution in [0, 0.1) is 20.8 Å². The van der Waals surface area contributed by atoms with E-state index in [1.54, 1.807) is 0 Å². The van der Waals surface area contributed by atoms with Gasteiger partial charge in [-0.05, 0) is 57.4 Å². The lowest BCUT2D eigenvalue weighted by Gasteiger charge is -2.12. The van der Waals surface area contributed by atoms with E-state index in [0.29, 0.717) is 0 Å². The molecule has 0 saturated heterocycles. The Labute approximate surface area is 199 Å². The number of hydrogen-bond donors (Lipinski definition) is 1. The van der Waals surface area contributed by atoms with E-state index in [1.165, 1.54) is 6.42 Å². The minimum atomic E-state index is -0.0564. The van der Waals surface area contributed by atoms with Crippen molar-refractivity contribution in [3.63, 3.8) is 0 Å². The maximum atomic E-state index is 13.1. The Morgan fingerprint density at radius 1 is 1.00 bits per heavy atom. The standard InChI is InChI=1S/C27H30N6O/c1-18-13-14-21(27-30-29-25-12-8-5-9-15-32(25)27)16-24(18)28-26(34)17-23-19(2)31-33(20(23)3)22-10-6-4-7-11-22/h4,6-7,10-11,13-14,16H,5,8-9,12,15,17H2,1-3H3,(H,28,34). The van der Waals surface area contributed by atoms with Crippen molar-refractivity contribution in [3.05, 3.63) is 76.9 Å². The molecule has 3 heterocycles. The van der Waals surface area contributed by atoms with Gasteiger partial charge in [0.2, 0.25) is 5.91 Å². The van der Waals surface area contributed by atoms with Crippen LogP contribution in [-0.2, 0) is 24.2 Å². The fourth-order valence-corrected chi connectivity index (χ4v) is 4.70. The molecule has 0 aliphatic carbocycles. The third-order valence-corrected chi connectivity index (χ3v) is 6.66. The summed E-state index contributed by atoms with van der Waals surface area (Å²) in [6.45, 7) is 6.92. The van der Waals surface area contributed by atoms with Crippen molar-refractivity contribution in [3.8, 4) is 17.1 Å². The second-order valence-corrected chi connectivity index (χ2v) is 9.05. The number of carbonyl (C=O) groups excluding carboxylic acids is 1. The lowest BCUT2D eigenvalue weighted by molar-refractivity contribution is -0.115. The molecule has 0 atom stereocenters. The Morgan fingerprint density at radius 3 is 2.65 bits per heavy atom. The minimum Gasteiger partial charge on any atom is -0.326 e. The highest BCUT2D eigenvalue weighted by Gasteiger charge is 2.19. The van der Waals surface area contributed by atoms with Crippen LogP contribution in [0.5, 0.6) is 0 Å². The number of anilines is 1. The zero-order valence-corrected chi connectivity index (χ0v) is 20.0. The van der Waals surface area contributed by atoms with Gasteiger partial charge in [0.25, 0.3) is 0 Å². The number of aryl methyl sites for hydroxylation is 3. The van der Waals surface area contributed by atoms with E-state index in [4.69, 9.17) is 0 Å². The van der Waals surface area contributed by atoms with Crippen LogP contribution in [0.15, 0.2) is 48.5 Å². The zero-order valence-electron chi connectivity index (χ0n) is 20.0. The van der Waals surface area contributed by atoms with Gasteiger partial charge in [-0.15, -0.1) is 10.2 Å². The molecule has 0 fully saturated rings. The first-order valence-corrected chi connectivity index (χ1v) is 11.9. The Balaban J connectivity index is 1.37. The van der Waals surface area contributed by atoms with Crippen LogP contribution in [0.25, 0.3) is 17.1 Å².